The molecule has 2 aromatic heterocycles. The van der Waals surface area contributed by atoms with E-state index in [0.29, 0.717) is 12.1 Å². The molecule has 0 amide bonds. The van der Waals surface area contributed by atoms with Gasteiger partial charge in [0.05, 0.1) is 30.5 Å². The van der Waals surface area contributed by atoms with Gasteiger partial charge in [-0.15, -0.1) is 0 Å². The van der Waals surface area contributed by atoms with Gasteiger partial charge in [-0.2, -0.15) is 5.10 Å². The van der Waals surface area contributed by atoms with Crippen molar-refractivity contribution in [2.75, 3.05) is 6.54 Å². The Hall–Kier alpha value is -1.62. The first-order valence-corrected chi connectivity index (χ1v) is 7.57. The Morgan fingerprint density at radius 1 is 1.40 bits per heavy atom. The largest absolute Gasteiger partial charge is 0.326 e. The highest BCUT2D eigenvalue weighted by Gasteiger charge is 2.24. The van der Waals surface area contributed by atoms with Crippen LogP contribution in [0.5, 0.6) is 0 Å². The molecule has 1 saturated heterocycles. The van der Waals surface area contributed by atoms with Crippen molar-refractivity contribution in [1.82, 2.24) is 24.6 Å². The number of aryl methyl sites for hydroxylation is 1. The standard InChI is InChI=1S/C15H23N5/c1-3-7-19-10-13(8-18-19)15-9-16-11-20(15)14-5-4-6-17-12(14)2/h8-12,14,17H,3-7H2,1-2H3. The lowest BCUT2D eigenvalue weighted by molar-refractivity contribution is 0.297. The molecule has 108 valence electrons. The van der Waals surface area contributed by atoms with Crippen LogP contribution in [0.15, 0.2) is 24.9 Å². The van der Waals surface area contributed by atoms with Gasteiger partial charge in [0.1, 0.15) is 0 Å². The van der Waals surface area contributed by atoms with Crippen molar-refractivity contribution >= 4 is 0 Å². The van der Waals surface area contributed by atoms with Gasteiger partial charge in [-0.05, 0) is 32.7 Å². The molecule has 2 atom stereocenters. The number of hydrogen-bond acceptors (Lipinski definition) is 3. The lowest BCUT2D eigenvalue weighted by Crippen LogP contribution is -2.40. The SMILES string of the molecule is CCCn1cc(-c2cncn2C2CCCNC2C)cn1. The number of aromatic nitrogens is 4. The summed E-state index contributed by atoms with van der Waals surface area (Å²) in [5.41, 5.74) is 2.33. The van der Waals surface area contributed by atoms with Gasteiger partial charge in [-0.1, -0.05) is 6.92 Å². The summed E-state index contributed by atoms with van der Waals surface area (Å²) in [4.78, 5) is 4.36. The van der Waals surface area contributed by atoms with Crippen LogP contribution in [0.1, 0.15) is 39.2 Å². The van der Waals surface area contributed by atoms with Crippen LogP contribution < -0.4 is 5.32 Å². The molecule has 0 spiro atoms. The first-order chi connectivity index (χ1) is 9.79. The Morgan fingerprint density at radius 3 is 3.10 bits per heavy atom. The number of piperidine rings is 1. The molecule has 2 aromatic rings. The third-order valence-electron chi connectivity index (χ3n) is 4.13. The molecular weight excluding hydrogens is 250 g/mol. The Kier molecular flexibility index (Phi) is 3.87. The second kappa shape index (κ2) is 5.79. The highest BCUT2D eigenvalue weighted by Crippen LogP contribution is 2.28. The molecule has 2 unspecified atom stereocenters. The van der Waals surface area contributed by atoms with Gasteiger partial charge in [-0.3, -0.25) is 4.68 Å². The van der Waals surface area contributed by atoms with Crippen LogP contribution in [0.25, 0.3) is 11.3 Å². The van der Waals surface area contributed by atoms with E-state index in [0.717, 1.165) is 25.1 Å². The molecule has 1 aliphatic rings. The van der Waals surface area contributed by atoms with Gasteiger partial charge in [0.25, 0.3) is 0 Å². The number of imidazole rings is 1. The van der Waals surface area contributed by atoms with Crippen molar-refractivity contribution < 1.29 is 0 Å². The van der Waals surface area contributed by atoms with E-state index in [2.05, 4.69) is 40.0 Å². The lowest BCUT2D eigenvalue weighted by Gasteiger charge is -2.32. The van der Waals surface area contributed by atoms with E-state index in [1.54, 1.807) is 0 Å². The number of rotatable bonds is 4. The van der Waals surface area contributed by atoms with Gasteiger partial charge in [0, 0.05) is 24.3 Å². The Balaban J connectivity index is 1.88. The summed E-state index contributed by atoms with van der Waals surface area (Å²) in [6, 6.07) is 0.971. The minimum absolute atomic E-state index is 0.482. The van der Waals surface area contributed by atoms with Crippen LogP contribution in [-0.4, -0.2) is 31.9 Å². The third kappa shape index (κ3) is 2.50. The monoisotopic (exact) mass is 273 g/mol. The zero-order valence-electron chi connectivity index (χ0n) is 12.3. The Bertz CT molecular complexity index is 556. The van der Waals surface area contributed by atoms with Gasteiger partial charge in [0.15, 0.2) is 0 Å². The maximum absolute atomic E-state index is 4.43. The van der Waals surface area contributed by atoms with Gasteiger partial charge >= 0.3 is 0 Å². The third-order valence-corrected chi connectivity index (χ3v) is 4.13. The van der Waals surface area contributed by atoms with Crippen LogP contribution in [0.4, 0.5) is 0 Å². The molecule has 5 nitrogen and oxygen atoms in total. The van der Waals surface area contributed by atoms with Gasteiger partial charge < -0.3 is 9.88 Å². The predicted octanol–water partition coefficient (Wildman–Crippen LogP) is 2.47. The zero-order chi connectivity index (χ0) is 13.9. The number of nitrogens with zero attached hydrogens (tertiary/aromatic N) is 4. The van der Waals surface area contributed by atoms with Crippen molar-refractivity contribution in [1.29, 1.82) is 0 Å². The van der Waals surface area contributed by atoms with Gasteiger partial charge in [-0.25, -0.2) is 4.98 Å². The van der Waals surface area contributed by atoms with Crippen molar-refractivity contribution in [2.45, 2.75) is 51.7 Å². The maximum Gasteiger partial charge on any atom is 0.0954 e. The molecule has 0 radical (unpaired) electrons. The molecule has 1 N–H and O–H groups in total. The van der Waals surface area contributed by atoms with E-state index in [4.69, 9.17) is 0 Å². The van der Waals surface area contributed by atoms with E-state index in [1.807, 2.05) is 23.4 Å². The fourth-order valence-corrected chi connectivity index (χ4v) is 3.05. The normalized spacial score (nSPS) is 23.1. The molecule has 0 bridgehead atoms. The summed E-state index contributed by atoms with van der Waals surface area (Å²) in [5, 5.41) is 7.98. The highest BCUT2D eigenvalue weighted by molar-refractivity contribution is 5.56. The minimum Gasteiger partial charge on any atom is -0.326 e. The summed E-state index contributed by atoms with van der Waals surface area (Å²) in [7, 11) is 0. The molecular formula is C15H23N5. The first-order valence-electron chi connectivity index (χ1n) is 7.57. The second-order valence-corrected chi connectivity index (χ2v) is 5.63. The molecule has 0 aromatic carbocycles. The van der Waals surface area contributed by atoms with Crippen molar-refractivity contribution in [3.63, 3.8) is 0 Å². The first kappa shape index (κ1) is 13.4. The summed E-state index contributed by atoms with van der Waals surface area (Å²) in [6.07, 6.45) is 11.5. The Morgan fingerprint density at radius 2 is 2.30 bits per heavy atom. The van der Waals surface area contributed by atoms with Crippen LogP contribution in [0.3, 0.4) is 0 Å². The maximum atomic E-state index is 4.43. The van der Waals surface area contributed by atoms with Crippen LogP contribution in [-0.2, 0) is 6.54 Å². The minimum atomic E-state index is 0.482. The molecule has 1 aliphatic heterocycles. The van der Waals surface area contributed by atoms with E-state index in [-0.39, 0.29) is 0 Å². The fraction of sp³-hybridized carbons (Fsp3) is 0.600. The van der Waals surface area contributed by atoms with E-state index < -0.39 is 0 Å². The average Bonchev–Trinajstić information content (AvgIpc) is 3.08. The second-order valence-electron chi connectivity index (χ2n) is 5.63. The Labute approximate surface area is 120 Å². The van der Waals surface area contributed by atoms with E-state index >= 15 is 0 Å². The lowest BCUT2D eigenvalue weighted by atomic mass is 9.99. The fourth-order valence-electron chi connectivity index (χ4n) is 3.05. The summed E-state index contributed by atoms with van der Waals surface area (Å²) < 4.78 is 4.32. The van der Waals surface area contributed by atoms with E-state index in [9.17, 15) is 0 Å². The van der Waals surface area contributed by atoms with Gasteiger partial charge in [0.2, 0.25) is 0 Å². The van der Waals surface area contributed by atoms with Crippen LogP contribution >= 0.6 is 0 Å². The molecule has 1 fully saturated rings. The quantitative estimate of drug-likeness (QED) is 0.931. The predicted molar refractivity (Wildman–Crippen MR) is 79.5 cm³/mol. The molecule has 3 heterocycles. The average molecular weight is 273 g/mol. The number of nitrogens with one attached hydrogen (secondary N) is 1. The number of hydrogen-bond donors (Lipinski definition) is 1. The molecule has 20 heavy (non-hydrogen) atoms. The molecule has 0 aliphatic carbocycles. The smallest absolute Gasteiger partial charge is 0.0954 e. The summed E-state index contributed by atoms with van der Waals surface area (Å²) in [5.74, 6) is 0. The molecule has 3 rings (SSSR count). The topological polar surface area (TPSA) is 47.7 Å². The highest BCUT2D eigenvalue weighted by atomic mass is 15.3. The summed E-state index contributed by atoms with van der Waals surface area (Å²) >= 11 is 0. The molecule has 0 saturated carbocycles. The van der Waals surface area contributed by atoms with Crippen molar-refractivity contribution in [3.05, 3.63) is 24.9 Å². The van der Waals surface area contributed by atoms with Crippen LogP contribution in [0.2, 0.25) is 0 Å². The molecule has 5 heteroatoms. The summed E-state index contributed by atoms with van der Waals surface area (Å²) in [6.45, 7) is 6.51. The van der Waals surface area contributed by atoms with Crippen molar-refractivity contribution in [2.24, 2.45) is 0 Å². The van der Waals surface area contributed by atoms with Crippen molar-refractivity contribution in [3.8, 4) is 11.3 Å². The van der Waals surface area contributed by atoms with E-state index in [1.165, 1.54) is 18.5 Å². The zero-order valence-corrected chi connectivity index (χ0v) is 12.3. The van der Waals surface area contributed by atoms with Crippen LogP contribution in [0, 0.1) is 0 Å².